The number of halogens is 4. The molecule has 1 aromatic heterocycles. The van der Waals surface area contributed by atoms with Crippen LogP contribution in [0.2, 0.25) is 5.02 Å². The molecule has 1 amide bonds. The molecule has 166 valence electrons. The van der Waals surface area contributed by atoms with Crippen molar-refractivity contribution in [1.82, 2.24) is 4.98 Å². The Bertz CT molecular complexity index is 1180. The first-order valence-electron chi connectivity index (χ1n) is 9.75. The Morgan fingerprint density at radius 3 is 2.62 bits per heavy atom. The molecule has 3 aromatic rings. The number of carbonyl (C=O) groups is 1. The van der Waals surface area contributed by atoms with Crippen LogP contribution in [0.1, 0.15) is 16.8 Å². The van der Waals surface area contributed by atoms with E-state index in [2.05, 4.69) is 10.3 Å². The number of nitrogens with zero attached hydrogens (tertiary/aromatic N) is 2. The summed E-state index contributed by atoms with van der Waals surface area (Å²) < 4.78 is 45.4. The molecule has 1 aliphatic heterocycles. The zero-order valence-electron chi connectivity index (χ0n) is 17.2. The van der Waals surface area contributed by atoms with Crippen molar-refractivity contribution in [2.75, 3.05) is 17.3 Å². The number of methoxy groups -OCH3 is 1. The van der Waals surface area contributed by atoms with Crippen molar-refractivity contribution in [3.63, 3.8) is 0 Å². The lowest BCUT2D eigenvalue weighted by molar-refractivity contribution is -0.137. The third-order valence-electron chi connectivity index (χ3n) is 5.21. The van der Waals surface area contributed by atoms with Crippen molar-refractivity contribution < 1.29 is 22.7 Å². The first kappa shape index (κ1) is 22.0. The van der Waals surface area contributed by atoms with Crippen molar-refractivity contribution >= 4 is 34.7 Å². The third kappa shape index (κ3) is 4.23. The first-order valence-corrected chi connectivity index (χ1v) is 10.1. The maximum Gasteiger partial charge on any atom is 0.416 e. The second-order valence-corrected chi connectivity index (χ2v) is 7.82. The van der Waals surface area contributed by atoms with Crippen molar-refractivity contribution in [2.45, 2.75) is 25.6 Å². The normalized spacial score (nSPS) is 15.4. The number of fused-ring (bicyclic) bond motifs is 1. The Labute approximate surface area is 187 Å². The molecule has 0 bridgehead atoms. The fourth-order valence-corrected chi connectivity index (χ4v) is 4.04. The summed E-state index contributed by atoms with van der Waals surface area (Å²) in [6, 6.07) is 13.2. The maximum absolute atomic E-state index is 13.4. The number of hydrogen-bond acceptors (Lipinski definition) is 4. The minimum atomic E-state index is -4.53. The van der Waals surface area contributed by atoms with E-state index in [0.29, 0.717) is 28.6 Å². The molecule has 0 aliphatic carbocycles. The van der Waals surface area contributed by atoms with Gasteiger partial charge in [0.1, 0.15) is 17.6 Å². The largest absolute Gasteiger partial charge is 0.495 e. The summed E-state index contributed by atoms with van der Waals surface area (Å²) in [5, 5.41) is 3.13. The number of nitrogens with one attached hydrogen (secondary N) is 1. The number of anilines is 3. The molecule has 1 aliphatic rings. The molecule has 4 rings (SSSR count). The number of hydrogen-bond donors (Lipinski definition) is 1. The van der Waals surface area contributed by atoms with Crippen molar-refractivity contribution in [3.05, 3.63) is 76.4 Å². The molecule has 9 heteroatoms. The molecular weight excluding hydrogens is 443 g/mol. The highest BCUT2D eigenvalue weighted by molar-refractivity contribution is 6.32. The van der Waals surface area contributed by atoms with Crippen LogP contribution in [-0.2, 0) is 17.4 Å². The van der Waals surface area contributed by atoms with E-state index in [1.165, 1.54) is 14.0 Å². The standard InChI is InChI=1S/C23H19ClF3N3O2/c1-13-9-15(23(25,26)27)11-21(28-13)30-18-6-4-3-5-14(18)10-19(30)22(31)29-16-7-8-20(32-2)17(24)12-16/h3-9,11-12,19H,10H2,1-2H3,(H,29,31)/t19-/m0/s1. The fourth-order valence-electron chi connectivity index (χ4n) is 3.79. The number of pyridine rings is 1. The van der Waals surface area contributed by atoms with Crippen molar-refractivity contribution in [3.8, 4) is 5.75 Å². The number of amides is 1. The summed E-state index contributed by atoms with van der Waals surface area (Å²) in [4.78, 5) is 19.1. The van der Waals surface area contributed by atoms with Gasteiger partial charge in [0, 0.05) is 23.5 Å². The highest BCUT2D eigenvalue weighted by Crippen LogP contribution is 2.40. The van der Waals surface area contributed by atoms with Crippen molar-refractivity contribution in [2.24, 2.45) is 0 Å². The van der Waals surface area contributed by atoms with Gasteiger partial charge in [0.05, 0.1) is 17.7 Å². The first-order chi connectivity index (χ1) is 15.2. The molecule has 0 saturated heterocycles. The molecule has 0 fully saturated rings. The van der Waals surface area contributed by atoms with E-state index in [0.717, 1.165) is 17.7 Å². The van der Waals surface area contributed by atoms with Crippen LogP contribution < -0.4 is 15.0 Å². The molecule has 0 radical (unpaired) electrons. The number of benzene rings is 2. The monoisotopic (exact) mass is 461 g/mol. The number of alkyl halides is 3. The Hall–Kier alpha value is -3.26. The average molecular weight is 462 g/mol. The Balaban J connectivity index is 1.72. The van der Waals surface area contributed by atoms with E-state index in [9.17, 15) is 18.0 Å². The second kappa shape index (κ2) is 8.35. The lowest BCUT2D eigenvalue weighted by Gasteiger charge is -2.27. The van der Waals surface area contributed by atoms with Crippen LogP contribution in [0, 0.1) is 6.92 Å². The fraction of sp³-hybridized carbons (Fsp3) is 0.217. The summed E-state index contributed by atoms with van der Waals surface area (Å²) in [5.41, 5.74) is 1.33. The molecule has 2 aromatic carbocycles. The Morgan fingerprint density at radius 1 is 1.19 bits per heavy atom. The lowest BCUT2D eigenvalue weighted by atomic mass is 10.1. The lowest BCUT2D eigenvalue weighted by Crippen LogP contribution is -2.40. The number of para-hydroxylation sites is 1. The van der Waals surface area contributed by atoms with Gasteiger partial charge in [0.25, 0.3) is 0 Å². The summed E-state index contributed by atoms with van der Waals surface area (Å²) in [7, 11) is 1.48. The van der Waals surface area contributed by atoms with E-state index in [-0.39, 0.29) is 17.4 Å². The minimum Gasteiger partial charge on any atom is -0.495 e. The summed E-state index contributed by atoms with van der Waals surface area (Å²) >= 11 is 6.14. The molecule has 2 heterocycles. The molecule has 5 nitrogen and oxygen atoms in total. The van der Waals surface area contributed by atoms with Crippen LogP contribution in [0.25, 0.3) is 0 Å². The van der Waals surface area contributed by atoms with E-state index < -0.39 is 17.8 Å². The predicted molar refractivity (Wildman–Crippen MR) is 117 cm³/mol. The highest BCUT2D eigenvalue weighted by atomic mass is 35.5. The van der Waals surface area contributed by atoms with Gasteiger partial charge >= 0.3 is 6.18 Å². The molecule has 0 unspecified atom stereocenters. The molecular formula is C23H19ClF3N3O2. The average Bonchev–Trinajstić information content (AvgIpc) is 3.12. The van der Waals surface area contributed by atoms with Crippen LogP contribution in [0.4, 0.5) is 30.4 Å². The van der Waals surface area contributed by atoms with Gasteiger partial charge in [0.2, 0.25) is 5.91 Å². The summed E-state index contributed by atoms with van der Waals surface area (Å²) in [5.74, 6) is 0.137. The minimum absolute atomic E-state index is 0.0650. The van der Waals surface area contributed by atoms with Crippen LogP contribution in [0.5, 0.6) is 5.75 Å². The van der Waals surface area contributed by atoms with Gasteiger partial charge in [-0.1, -0.05) is 29.8 Å². The van der Waals surface area contributed by atoms with Gasteiger partial charge in [-0.3, -0.25) is 4.79 Å². The van der Waals surface area contributed by atoms with Gasteiger partial charge in [-0.05, 0) is 48.9 Å². The third-order valence-corrected chi connectivity index (χ3v) is 5.51. The number of ether oxygens (including phenoxy) is 1. The summed E-state index contributed by atoms with van der Waals surface area (Å²) in [6.45, 7) is 1.50. The Kier molecular flexibility index (Phi) is 5.73. The smallest absolute Gasteiger partial charge is 0.416 e. The number of aromatic nitrogens is 1. The zero-order valence-corrected chi connectivity index (χ0v) is 18.0. The summed E-state index contributed by atoms with van der Waals surface area (Å²) in [6.07, 6.45) is -4.21. The van der Waals surface area contributed by atoms with Crippen LogP contribution >= 0.6 is 11.6 Å². The second-order valence-electron chi connectivity index (χ2n) is 7.41. The van der Waals surface area contributed by atoms with Gasteiger partial charge in [-0.2, -0.15) is 13.2 Å². The van der Waals surface area contributed by atoms with Gasteiger partial charge in [0.15, 0.2) is 0 Å². The highest BCUT2D eigenvalue weighted by Gasteiger charge is 2.38. The van der Waals surface area contributed by atoms with Crippen LogP contribution in [-0.4, -0.2) is 24.0 Å². The van der Waals surface area contributed by atoms with Crippen LogP contribution in [0.3, 0.4) is 0 Å². The topological polar surface area (TPSA) is 54.5 Å². The molecule has 1 atom stereocenters. The number of aryl methyl sites for hydroxylation is 1. The van der Waals surface area contributed by atoms with E-state index in [4.69, 9.17) is 16.3 Å². The number of rotatable bonds is 4. The molecule has 0 saturated carbocycles. The van der Waals surface area contributed by atoms with E-state index in [1.54, 1.807) is 35.2 Å². The SMILES string of the molecule is COc1ccc(NC(=O)[C@@H]2Cc3ccccc3N2c2cc(C(F)(F)F)cc(C)n2)cc1Cl. The van der Waals surface area contributed by atoms with E-state index >= 15 is 0 Å². The van der Waals surface area contributed by atoms with Crippen LogP contribution in [0.15, 0.2) is 54.6 Å². The maximum atomic E-state index is 13.4. The zero-order chi connectivity index (χ0) is 23.0. The van der Waals surface area contributed by atoms with E-state index in [1.807, 2.05) is 12.1 Å². The van der Waals surface area contributed by atoms with Crippen molar-refractivity contribution in [1.29, 1.82) is 0 Å². The molecule has 1 N–H and O–H groups in total. The van der Waals surface area contributed by atoms with Gasteiger partial charge in [-0.15, -0.1) is 0 Å². The Morgan fingerprint density at radius 2 is 1.94 bits per heavy atom. The quantitative estimate of drug-likeness (QED) is 0.535. The van der Waals surface area contributed by atoms with Gasteiger partial charge < -0.3 is 15.0 Å². The molecule has 0 spiro atoms. The number of carbonyl (C=O) groups excluding carboxylic acids is 1. The molecule has 32 heavy (non-hydrogen) atoms. The predicted octanol–water partition coefficient (Wildman–Crippen LogP) is 5.77. The van der Waals surface area contributed by atoms with Gasteiger partial charge in [-0.25, -0.2) is 4.98 Å².